The van der Waals surface area contributed by atoms with Gasteiger partial charge < -0.3 is 5.32 Å². The number of nitrogens with zero attached hydrogens (tertiary/aromatic N) is 1. The van der Waals surface area contributed by atoms with Gasteiger partial charge >= 0.3 is 6.18 Å². The van der Waals surface area contributed by atoms with Crippen LogP contribution in [0.5, 0.6) is 0 Å². The predicted molar refractivity (Wildman–Crippen MR) is 64.8 cm³/mol. The van der Waals surface area contributed by atoms with Crippen molar-refractivity contribution in [2.75, 3.05) is 5.32 Å². The first-order valence-corrected chi connectivity index (χ1v) is 5.74. The van der Waals surface area contributed by atoms with Gasteiger partial charge in [0.15, 0.2) is 0 Å². The van der Waals surface area contributed by atoms with Gasteiger partial charge in [0, 0.05) is 16.7 Å². The third-order valence-electron chi connectivity index (χ3n) is 2.06. The fourth-order valence-corrected chi connectivity index (χ4v) is 1.64. The minimum Gasteiger partial charge on any atom is -0.367 e. The average Bonchev–Trinajstić information content (AvgIpc) is 2.19. The molecule has 0 aliphatic carbocycles. The first kappa shape index (κ1) is 14.0. The Morgan fingerprint density at radius 3 is 2.76 bits per heavy atom. The number of rotatable bonds is 4. The highest BCUT2D eigenvalue weighted by molar-refractivity contribution is 9.10. The molecule has 0 fully saturated rings. The zero-order chi connectivity index (χ0) is 13.1. The Morgan fingerprint density at radius 2 is 2.24 bits per heavy atom. The Labute approximate surface area is 106 Å². The number of halogens is 4. The fourth-order valence-electron chi connectivity index (χ4n) is 1.31. The summed E-state index contributed by atoms with van der Waals surface area (Å²) in [5.41, 5.74) is -0.775. The van der Waals surface area contributed by atoms with Crippen LogP contribution >= 0.6 is 15.9 Å². The molecule has 1 aromatic heterocycles. The second kappa shape index (κ2) is 5.53. The van der Waals surface area contributed by atoms with E-state index in [-0.39, 0.29) is 11.9 Å². The van der Waals surface area contributed by atoms with E-state index >= 15 is 0 Å². The molecule has 0 saturated heterocycles. The number of hydrogen-bond acceptors (Lipinski definition) is 2. The number of pyridine rings is 1. The van der Waals surface area contributed by atoms with Gasteiger partial charge in [-0.1, -0.05) is 6.08 Å². The lowest BCUT2D eigenvalue weighted by molar-refractivity contribution is -0.137. The monoisotopic (exact) mass is 308 g/mol. The molecule has 0 aliphatic rings. The van der Waals surface area contributed by atoms with E-state index in [1.165, 1.54) is 6.20 Å². The van der Waals surface area contributed by atoms with E-state index in [0.717, 1.165) is 6.07 Å². The lowest BCUT2D eigenvalue weighted by Gasteiger charge is -2.17. The molecular weight excluding hydrogens is 297 g/mol. The van der Waals surface area contributed by atoms with E-state index in [1.807, 2.05) is 0 Å². The molecule has 1 aromatic rings. The van der Waals surface area contributed by atoms with E-state index in [1.54, 1.807) is 13.0 Å². The summed E-state index contributed by atoms with van der Waals surface area (Å²) < 4.78 is 38.5. The second-order valence-electron chi connectivity index (χ2n) is 3.62. The lowest BCUT2D eigenvalue weighted by Crippen LogP contribution is -2.19. The Kier molecular flexibility index (Phi) is 4.56. The van der Waals surface area contributed by atoms with E-state index in [0.29, 0.717) is 10.9 Å². The molecule has 94 valence electrons. The highest BCUT2D eigenvalue weighted by Gasteiger charge is 2.34. The molecule has 0 aliphatic heterocycles. The van der Waals surface area contributed by atoms with Crippen LogP contribution in [0, 0.1) is 0 Å². The van der Waals surface area contributed by atoms with Crippen LogP contribution in [-0.4, -0.2) is 11.0 Å². The highest BCUT2D eigenvalue weighted by atomic mass is 79.9. The van der Waals surface area contributed by atoms with Crippen LogP contribution in [0.3, 0.4) is 0 Å². The zero-order valence-electron chi connectivity index (χ0n) is 9.18. The Balaban J connectivity index is 3.02. The molecule has 6 heteroatoms. The normalized spacial score (nSPS) is 13.2. The molecule has 0 spiro atoms. The first-order valence-electron chi connectivity index (χ1n) is 4.94. The first-order chi connectivity index (χ1) is 7.84. The van der Waals surface area contributed by atoms with Crippen LogP contribution in [0.4, 0.5) is 19.0 Å². The fraction of sp³-hybridized carbons (Fsp3) is 0.364. The highest BCUT2D eigenvalue weighted by Crippen LogP contribution is 2.35. The van der Waals surface area contributed by atoms with E-state index < -0.39 is 11.7 Å². The van der Waals surface area contributed by atoms with Crippen LogP contribution < -0.4 is 5.32 Å². The molecule has 0 amide bonds. The quantitative estimate of drug-likeness (QED) is 0.842. The van der Waals surface area contributed by atoms with Gasteiger partial charge in [-0.2, -0.15) is 13.2 Å². The SMILES string of the molecule is C=CCC(C)Nc1ncc(Br)cc1C(F)(F)F. The van der Waals surface area contributed by atoms with Crippen LogP contribution in [0.1, 0.15) is 18.9 Å². The standard InChI is InChI=1S/C11H12BrF3N2/c1-3-4-7(2)17-10-9(11(13,14)15)5-8(12)6-16-10/h3,5-7H,1,4H2,2H3,(H,16,17). The van der Waals surface area contributed by atoms with Crippen molar-refractivity contribution in [2.45, 2.75) is 25.6 Å². The van der Waals surface area contributed by atoms with Crippen molar-refractivity contribution in [3.8, 4) is 0 Å². The van der Waals surface area contributed by atoms with Crippen molar-refractivity contribution in [3.05, 3.63) is 35.0 Å². The number of aromatic nitrogens is 1. The van der Waals surface area contributed by atoms with Crippen molar-refractivity contribution < 1.29 is 13.2 Å². The molecule has 0 saturated carbocycles. The Bertz CT molecular complexity index is 404. The van der Waals surface area contributed by atoms with E-state index in [4.69, 9.17) is 0 Å². The summed E-state index contributed by atoms with van der Waals surface area (Å²) in [7, 11) is 0. The zero-order valence-corrected chi connectivity index (χ0v) is 10.8. The van der Waals surface area contributed by atoms with E-state index in [9.17, 15) is 13.2 Å². The molecule has 0 aromatic carbocycles. The second-order valence-corrected chi connectivity index (χ2v) is 4.53. The molecule has 2 nitrogen and oxygen atoms in total. The number of alkyl halides is 3. The molecule has 0 bridgehead atoms. The van der Waals surface area contributed by atoms with Crippen LogP contribution in [-0.2, 0) is 6.18 Å². The number of anilines is 1. The van der Waals surface area contributed by atoms with Gasteiger partial charge in [0.1, 0.15) is 5.82 Å². The molecule has 1 N–H and O–H groups in total. The van der Waals surface area contributed by atoms with Crippen molar-refractivity contribution in [3.63, 3.8) is 0 Å². The van der Waals surface area contributed by atoms with Crippen molar-refractivity contribution in [1.29, 1.82) is 0 Å². The van der Waals surface area contributed by atoms with Gasteiger partial charge in [-0.25, -0.2) is 4.98 Å². The van der Waals surface area contributed by atoms with Crippen molar-refractivity contribution in [2.24, 2.45) is 0 Å². The summed E-state index contributed by atoms with van der Waals surface area (Å²) in [6.45, 7) is 5.31. The molecule has 1 rings (SSSR count). The molecule has 1 heterocycles. The third-order valence-corrected chi connectivity index (χ3v) is 2.50. The van der Waals surface area contributed by atoms with Gasteiger partial charge in [0.25, 0.3) is 0 Å². The van der Waals surface area contributed by atoms with Crippen LogP contribution in [0.2, 0.25) is 0 Å². The Hall–Kier alpha value is -1.04. The number of hydrogen-bond donors (Lipinski definition) is 1. The maximum absolute atomic E-state index is 12.7. The summed E-state index contributed by atoms with van der Waals surface area (Å²) in [4.78, 5) is 3.75. The summed E-state index contributed by atoms with van der Waals surface area (Å²) in [5, 5.41) is 2.72. The van der Waals surface area contributed by atoms with Crippen LogP contribution in [0.15, 0.2) is 29.4 Å². The average molecular weight is 309 g/mol. The summed E-state index contributed by atoms with van der Waals surface area (Å²) in [6.07, 6.45) is -0.885. The van der Waals surface area contributed by atoms with Crippen LogP contribution in [0.25, 0.3) is 0 Å². The summed E-state index contributed by atoms with van der Waals surface area (Å²) >= 11 is 2.98. The number of nitrogens with one attached hydrogen (secondary N) is 1. The van der Waals surface area contributed by atoms with Crippen molar-refractivity contribution in [1.82, 2.24) is 4.98 Å². The van der Waals surface area contributed by atoms with Gasteiger partial charge in [-0.05, 0) is 35.3 Å². The molecular formula is C11H12BrF3N2. The molecule has 17 heavy (non-hydrogen) atoms. The maximum Gasteiger partial charge on any atom is 0.419 e. The summed E-state index contributed by atoms with van der Waals surface area (Å²) in [6, 6.07) is 0.859. The smallest absolute Gasteiger partial charge is 0.367 e. The molecule has 1 unspecified atom stereocenters. The van der Waals surface area contributed by atoms with Gasteiger partial charge in [-0.3, -0.25) is 0 Å². The summed E-state index contributed by atoms with van der Waals surface area (Å²) in [5.74, 6) is -0.157. The molecule has 0 radical (unpaired) electrons. The topological polar surface area (TPSA) is 24.9 Å². The molecule has 1 atom stereocenters. The third kappa shape index (κ3) is 4.03. The van der Waals surface area contributed by atoms with Gasteiger partial charge in [0.2, 0.25) is 0 Å². The minimum atomic E-state index is -4.42. The maximum atomic E-state index is 12.7. The lowest BCUT2D eigenvalue weighted by atomic mass is 10.2. The largest absolute Gasteiger partial charge is 0.419 e. The van der Waals surface area contributed by atoms with Gasteiger partial charge in [-0.15, -0.1) is 6.58 Å². The van der Waals surface area contributed by atoms with Crippen molar-refractivity contribution >= 4 is 21.7 Å². The van der Waals surface area contributed by atoms with E-state index in [2.05, 4.69) is 32.8 Å². The Morgan fingerprint density at radius 1 is 1.59 bits per heavy atom. The predicted octanol–water partition coefficient (Wildman–Crippen LogP) is 4.24. The minimum absolute atomic E-state index is 0.151. The van der Waals surface area contributed by atoms with Gasteiger partial charge in [0.05, 0.1) is 5.56 Å².